The number of fused-ring (bicyclic) bond motifs is 1. The zero-order valence-electron chi connectivity index (χ0n) is 18.8. The third-order valence-electron chi connectivity index (χ3n) is 6.22. The van der Waals surface area contributed by atoms with Crippen LogP contribution in [0.4, 0.5) is 5.69 Å². The van der Waals surface area contributed by atoms with Gasteiger partial charge >= 0.3 is 14.5 Å². The molecule has 3 aromatic rings. The molecule has 1 aliphatic rings. The van der Waals surface area contributed by atoms with Crippen molar-refractivity contribution in [3.05, 3.63) is 84.4 Å². The molecule has 0 saturated carbocycles. The summed E-state index contributed by atoms with van der Waals surface area (Å²) in [5, 5.41) is 3.70. The highest BCUT2D eigenvalue weighted by atomic mass is 27.2. The van der Waals surface area contributed by atoms with Gasteiger partial charge in [0.15, 0.2) is 0 Å². The quantitative estimate of drug-likeness (QED) is 0.431. The molecule has 0 saturated heterocycles. The molecule has 3 aromatic carbocycles. The minimum atomic E-state index is -1.77. The van der Waals surface area contributed by atoms with Gasteiger partial charge in [0.25, 0.3) is 0 Å². The molecule has 2 atom stereocenters. The van der Waals surface area contributed by atoms with E-state index < -0.39 is 14.5 Å². The summed E-state index contributed by atoms with van der Waals surface area (Å²) in [6, 6.07) is 25.2. The number of nitrogens with one attached hydrogen (secondary N) is 1. The fourth-order valence-electron chi connectivity index (χ4n) is 3.97. The number of allylic oxidation sites excluding steroid dienone is 1. The van der Waals surface area contributed by atoms with Crippen LogP contribution in [0.25, 0.3) is 17.2 Å². The van der Waals surface area contributed by atoms with Crippen LogP contribution in [0.15, 0.2) is 78.9 Å². The van der Waals surface area contributed by atoms with Crippen LogP contribution in [-0.4, -0.2) is 25.0 Å². The largest absolute Gasteiger partial charge is 0.641 e. The maximum absolute atomic E-state index is 6.62. The Labute approximate surface area is 190 Å². The maximum Gasteiger partial charge on any atom is 0.594 e. The lowest BCUT2D eigenvalue weighted by molar-refractivity contribution is 0.129. The van der Waals surface area contributed by atoms with Gasteiger partial charge in [-0.25, -0.2) is 0 Å². The normalized spacial score (nSPS) is 19.9. The Kier molecular flexibility index (Phi) is 6.41. The van der Waals surface area contributed by atoms with E-state index in [1.54, 1.807) is 0 Å². The monoisotopic (exact) mass is 427 g/mol. The zero-order chi connectivity index (χ0) is 21.8. The SMILES string of the molecule is CC/C=C\c1cccc2c1N[C@H](C)[C](C)([Al]([CH3])[O]c1ccc(-c3ccccc3)cc1)O2. The van der Waals surface area contributed by atoms with Crippen molar-refractivity contribution in [3.8, 4) is 22.6 Å². The summed E-state index contributed by atoms with van der Waals surface area (Å²) >= 11 is -1.77. The number of rotatable bonds is 6. The first kappa shape index (κ1) is 21.6. The standard InChI is InChI=1S/C14H18NO.C12H10O.CH3.Al/c1-4-5-7-12-8-6-9-13-14(12)15-10(2)11(3)16-13;13-12-8-6-11(7-9-12)10-4-2-1-3-5-10;;/h5-10,15H,4H2,1-3H3;1-9,13H;1H3;/q;;;+1/p-1/b7-5-;;;/t10-;;;/m1.../s1. The first-order chi connectivity index (χ1) is 15.0. The number of benzene rings is 3. The predicted octanol–water partition coefficient (Wildman–Crippen LogP) is 6.97. The summed E-state index contributed by atoms with van der Waals surface area (Å²) in [7, 11) is 0. The Morgan fingerprint density at radius 3 is 2.42 bits per heavy atom. The van der Waals surface area contributed by atoms with Crippen molar-refractivity contribution in [2.75, 3.05) is 5.32 Å². The summed E-state index contributed by atoms with van der Waals surface area (Å²) in [4.78, 5) is 0. The Hall–Kier alpha value is -2.67. The second kappa shape index (κ2) is 9.22. The van der Waals surface area contributed by atoms with Crippen molar-refractivity contribution < 1.29 is 8.53 Å². The molecule has 158 valence electrons. The molecule has 1 unspecified atom stereocenters. The molecule has 1 heterocycles. The second-order valence-corrected chi connectivity index (χ2v) is 11.0. The van der Waals surface area contributed by atoms with Gasteiger partial charge in [-0.05, 0) is 49.6 Å². The number of anilines is 1. The summed E-state index contributed by atoms with van der Waals surface area (Å²) in [6.45, 7) is 6.51. The van der Waals surface area contributed by atoms with Crippen LogP contribution in [-0.2, 0) is 0 Å². The van der Waals surface area contributed by atoms with E-state index in [-0.39, 0.29) is 10.5 Å². The van der Waals surface area contributed by atoms with Crippen LogP contribution in [0.1, 0.15) is 32.8 Å². The highest BCUT2D eigenvalue weighted by molar-refractivity contribution is 6.55. The summed E-state index contributed by atoms with van der Waals surface area (Å²) < 4.78 is 12.7. The Balaban J connectivity index is 1.52. The molecule has 0 amide bonds. The molecule has 31 heavy (non-hydrogen) atoms. The maximum atomic E-state index is 6.62. The van der Waals surface area contributed by atoms with Crippen LogP contribution < -0.4 is 13.8 Å². The molecule has 0 fully saturated rings. The van der Waals surface area contributed by atoms with Gasteiger partial charge < -0.3 is 13.8 Å². The van der Waals surface area contributed by atoms with Crippen molar-refractivity contribution >= 4 is 26.2 Å². The highest BCUT2D eigenvalue weighted by Gasteiger charge is 2.51. The molecule has 0 aromatic heterocycles. The topological polar surface area (TPSA) is 30.5 Å². The van der Waals surface area contributed by atoms with Crippen LogP contribution >= 0.6 is 0 Å². The van der Waals surface area contributed by atoms with Gasteiger partial charge in [0.05, 0.1) is 17.5 Å². The van der Waals surface area contributed by atoms with Gasteiger partial charge in [-0.15, -0.1) is 0 Å². The van der Waals surface area contributed by atoms with Crippen molar-refractivity contribution in [3.63, 3.8) is 0 Å². The third kappa shape index (κ3) is 4.51. The van der Waals surface area contributed by atoms with Crippen molar-refractivity contribution in [2.45, 2.75) is 43.5 Å². The lowest BCUT2D eigenvalue weighted by atomic mass is 10.1. The Morgan fingerprint density at radius 1 is 1.00 bits per heavy atom. The first-order valence-electron chi connectivity index (χ1n) is 11.1. The van der Waals surface area contributed by atoms with Gasteiger partial charge in [-0.3, -0.25) is 0 Å². The molecule has 4 rings (SSSR count). The zero-order valence-corrected chi connectivity index (χ0v) is 19.9. The van der Waals surface area contributed by atoms with E-state index in [4.69, 9.17) is 8.53 Å². The van der Waals surface area contributed by atoms with Crippen LogP contribution in [0, 0.1) is 0 Å². The number of para-hydroxylation sites is 1. The van der Waals surface area contributed by atoms with Crippen molar-refractivity contribution in [2.24, 2.45) is 0 Å². The average molecular weight is 428 g/mol. The lowest BCUT2D eigenvalue weighted by Gasteiger charge is -2.43. The van der Waals surface area contributed by atoms with Gasteiger partial charge in [0, 0.05) is 5.56 Å². The van der Waals surface area contributed by atoms with Crippen molar-refractivity contribution in [1.82, 2.24) is 0 Å². The molecule has 0 radical (unpaired) electrons. The van der Waals surface area contributed by atoms with Gasteiger partial charge in [-0.1, -0.05) is 79.5 Å². The third-order valence-corrected chi connectivity index (χ3v) is 9.08. The van der Waals surface area contributed by atoms with Crippen LogP contribution in [0.3, 0.4) is 0 Å². The van der Waals surface area contributed by atoms with E-state index in [1.165, 1.54) is 16.7 Å². The van der Waals surface area contributed by atoms with E-state index in [0.717, 1.165) is 23.6 Å². The van der Waals surface area contributed by atoms with Gasteiger partial charge in [0.1, 0.15) is 10.2 Å². The van der Waals surface area contributed by atoms with Crippen LogP contribution in [0.5, 0.6) is 11.5 Å². The molecule has 1 aliphatic heterocycles. The Bertz CT molecular complexity index is 1050. The minimum absolute atomic E-state index is 0.140. The molecular formula is C27H30AlNO2. The van der Waals surface area contributed by atoms with Gasteiger partial charge in [0.2, 0.25) is 0 Å². The molecule has 4 heteroatoms. The van der Waals surface area contributed by atoms with Crippen LogP contribution in [0.2, 0.25) is 5.79 Å². The van der Waals surface area contributed by atoms with Crippen molar-refractivity contribution in [1.29, 1.82) is 0 Å². The Morgan fingerprint density at radius 2 is 1.71 bits per heavy atom. The number of hydrogen-bond donors (Lipinski definition) is 1. The summed E-state index contributed by atoms with van der Waals surface area (Å²) in [5.41, 5.74) is 4.65. The molecule has 0 aliphatic carbocycles. The molecule has 0 bridgehead atoms. The molecule has 3 nitrogen and oxygen atoms in total. The molecule has 0 spiro atoms. The smallest absolute Gasteiger partial charge is 0.594 e. The van der Waals surface area contributed by atoms with E-state index in [2.05, 4.69) is 105 Å². The first-order valence-corrected chi connectivity index (χ1v) is 13.3. The summed E-state index contributed by atoms with van der Waals surface area (Å²) in [6.07, 6.45) is 5.35. The van der Waals surface area contributed by atoms with E-state index in [0.29, 0.717) is 0 Å². The fraction of sp³-hybridized carbons (Fsp3) is 0.259. The second-order valence-electron chi connectivity index (χ2n) is 8.33. The lowest BCUT2D eigenvalue weighted by Crippen LogP contribution is -2.61. The molecule has 1 N–H and O–H groups in total. The average Bonchev–Trinajstić information content (AvgIpc) is 2.79. The van der Waals surface area contributed by atoms with Gasteiger partial charge in [-0.2, -0.15) is 0 Å². The number of ether oxygens (including phenoxy) is 1. The predicted molar refractivity (Wildman–Crippen MR) is 132 cm³/mol. The molecular weight excluding hydrogens is 397 g/mol. The summed E-state index contributed by atoms with van der Waals surface area (Å²) in [5.74, 6) is 4.03. The number of hydrogen-bond acceptors (Lipinski definition) is 3. The minimum Gasteiger partial charge on any atom is -0.641 e. The van der Waals surface area contributed by atoms with E-state index >= 15 is 0 Å². The van der Waals surface area contributed by atoms with E-state index in [9.17, 15) is 0 Å². The van der Waals surface area contributed by atoms with E-state index in [1.807, 2.05) is 12.1 Å². The highest BCUT2D eigenvalue weighted by Crippen LogP contribution is 2.40. The fourth-order valence-corrected chi connectivity index (χ4v) is 5.85.